The Morgan fingerprint density at radius 1 is 1.02 bits per heavy atom. The number of amides is 1. The molecule has 0 radical (unpaired) electrons. The molecule has 0 saturated carbocycles. The van der Waals surface area contributed by atoms with E-state index in [9.17, 15) is 27.7 Å². The molecule has 1 amide bonds. The van der Waals surface area contributed by atoms with E-state index < -0.39 is 37.0 Å². The van der Waals surface area contributed by atoms with Crippen LogP contribution in [0, 0.1) is 15.9 Å². The first kappa shape index (κ1) is 37.7. The topological polar surface area (TPSA) is 134 Å². The van der Waals surface area contributed by atoms with Crippen LogP contribution in [0.1, 0.15) is 35.2 Å². The highest BCUT2D eigenvalue weighted by molar-refractivity contribution is 7.99. The maximum Gasteiger partial charge on any atom is 0.293 e. The molecule has 0 bridgehead atoms. The number of nitrogens with one attached hydrogen (secondary N) is 2. The zero-order valence-corrected chi connectivity index (χ0v) is 30.4. The third-order valence-electron chi connectivity index (χ3n) is 9.00. The highest BCUT2D eigenvalue weighted by Crippen LogP contribution is 2.39. The fourth-order valence-electron chi connectivity index (χ4n) is 6.10. The van der Waals surface area contributed by atoms with Crippen molar-refractivity contribution in [3.63, 3.8) is 0 Å². The van der Waals surface area contributed by atoms with Gasteiger partial charge < -0.3 is 19.9 Å². The number of anilines is 2. The Morgan fingerprint density at radius 3 is 2.31 bits per heavy atom. The molecule has 11 nitrogen and oxygen atoms in total. The number of nitro groups is 1. The van der Waals surface area contributed by atoms with Crippen LogP contribution in [0.25, 0.3) is 0 Å². The molecule has 1 unspecified atom stereocenters. The highest BCUT2D eigenvalue weighted by atomic mass is 32.2. The molecule has 270 valence electrons. The molecule has 0 aromatic heterocycles. The van der Waals surface area contributed by atoms with Crippen LogP contribution >= 0.6 is 11.8 Å². The summed E-state index contributed by atoms with van der Waals surface area (Å²) in [6.45, 7) is 1.89. The predicted molar refractivity (Wildman–Crippen MR) is 198 cm³/mol. The molecule has 1 aliphatic heterocycles. The van der Waals surface area contributed by atoms with E-state index in [1.807, 2.05) is 54.0 Å². The van der Waals surface area contributed by atoms with E-state index in [-0.39, 0.29) is 23.1 Å². The Morgan fingerprint density at radius 2 is 1.69 bits per heavy atom. The minimum atomic E-state index is -4.45. The Labute approximate surface area is 302 Å². The van der Waals surface area contributed by atoms with Gasteiger partial charge in [0, 0.05) is 59.8 Å². The van der Waals surface area contributed by atoms with Gasteiger partial charge in [-0.3, -0.25) is 14.9 Å². The van der Waals surface area contributed by atoms with Gasteiger partial charge in [0.2, 0.25) is 0 Å². The number of hydrogen-bond donors (Lipinski definition) is 2. The Bertz CT molecular complexity index is 1920. The fourth-order valence-corrected chi connectivity index (χ4v) is 8.09. The fraction of sp³-hybridized carbons (Fsp3) is 0.324. The molecule has 51 heavy (non-hydrogen) atoms. The number of halogens is 1. The second-order valence-corrected chi connectivity index (χ2v) is 15.4. The molecule has 1 saturated heterocycles. The standard InChI is InChI=1S/C37H42FN5O6S2/c1-41(2)22-19-28(26-50-30-9-5-4-6-10-30)39-34-18-17-31(25-35(34)43(45)46)51(47,48)40-36(44)27-13-15-29(16-14-27)42-23-20-37(49-3,21-24-42)32-11-7-8-12-33(32)38/h4-18,25,28,39H,19-24,26H2,1-3H3,(H,40,44). The first-order valence-corrected chi connectivity index (χ1v) is 19.0. The van der Waals surface area contributed by atoms with Crippen LogP contribution in [0.4, 0.5) is 21.5 Å². The van der Waals surface area contributed by atoms with E-state index in [0.29, 0.717) is 43.7 Å². The monoisotopic (exact) mass is 735 g/mol. The van der Waals surface area contributed by atoms with Crippen molar-refractivity contribution in [2.75, 3.05) is 56.8 Å². The summed E-state index contributed by atoms with van der Waals surface area (Å²) in [4.78, 5) is 29.3. The first-order chi connectivity index (χ1) is 24.4. The lowest BCUT2D eigenvalue weighted by atomic mass is 9.83. The smallest absolute Gasteiger partial charge is 0.293 e. The maximum atomic E-state index is 14.6. The van der Waals surface area contributed by atoms with E-state index in [4.69, 9.17) is 4.74 Å². The van der Waals surface area contributed by atoms with Crippen molar-refractivity contribution in [3.8, 4) is 0 Å². The van der Waals surface area contributed by atoms with E-state index in [1.165, 1.54) is 30.3 Å². The molecule has 1 heterocycles. The molecule has 1 atom stereocenters. The molecule has 4 aromatic rings. The zero-order chi connectivity index (χ0) is 36.6. The lowest BCUT2D eigenvalue weighted by Crippen LogP contribution is -2.44. The van der Waals surface area contributed by atoms with E-state index in [0.717, 1.165) is 23.2 Å². The second-order valence-electron chi connectivity index (χ2n) is 12.6. The van der Waals surface area contributed by atoms with Crippen LogP contribution < -0.4 is 14.9 Å². The summed E-state index contributed by atoms with van der Waals surface area (Å²) in [6, 6.07) is 26.3. The zero-order valence-electron chi connectivity index (χ0n) is 28.8. The van der Waals surface area contributed by atoms with Gasteiger partial charge in [0.25, 0.3) is 21.6 Å². The summed E-state index contributed by atoms with van der Waals surface area (Å²) in [6.07, 6.45) is 1.79. The van der Waals surface area contributed by atoms with Gasteiger partial charge in [-0.2, -0.15) is 0 Å². The molecule has 14 heteroatoms. The van der Waals surface area contributed by atoms with Crippen molar-refractivity contribution >= 4 is 44.8 Å². The van der Waals surface area contributed by atoms with Crippen molar-refractivity contribution < 1.29 is 27.3 Å². The molecule has 0 spiro atoms. The van der Waals surface area contributed by atoms with Gasteiger partial charge in [-0.1, -0.05) is 36.4 Å². The summed E-state index contributed by atoms with van der Waals surface area (Å²) in [5.41, 5.74) is 0.477. The van der Waals surface area contributed by atoms with Gasteiger partial charge in [-0.25, -0.2) is 17.5 Å². The molecule has 2 N–H and O–H groups in total. The SMILES string of the molecule is COC1(c2ccccc2F)CCN(c2ccc(C(=O)NS(=O)(=O)c3ccc(NC(CCN(C)C)CSc4ccccc4)c([N+](=O)[O-])c3)cc2)CC1. The first-order valence-electron chi connectivity index (χ1n) is 16.5. The summed E-state index contributed by atoms with van der Waals surface area (Å²) < 4.78 is 49.0. The Kier molecular flexibility index (Phi) is 12.3. The number of methoxy groups -OCH3 is 1. The number of thioether (sulfide) groups is 1. The van der Waals surface area contributed by atoms with E-state index >= 15 is 0 Å². The van der Waals surface area contributed by atoms with Gasteiger partial charge in [0.05, 0.1) is 15.4 Å². The van der Waals surface area contributed by atoms with Crippen molar-refractivity contribution in [1.82, 2.24) is 9.62 Å². The van der Waals surface area contributed by atoms with Crippen LogP contribution in [-0.2, 0) is 20.4 Å². The number of rotatable bonds is 15. The number of carbonyl (C=O) groups excluding carboxylic acids is 1. The Hall–Kier alpha value is -4.50. The van der Waals surface area contributed by atoms with Crippen molar-refractivity contribution in [2.45, 2.75) is 40.7 Å². The second kappa shape index (κ2) is 16.7. The third kappa shape index (κ3) is 9.44. The van der Waals surface area contributed by atoms with Gasteiger partial charge in [-0.15, -0.1) is 11.8 Å². The molecular weight excluding hydrogens is 694 g/mol. The third-order valence-corrected chi connectivity index (χ3v) is 11.5. The molecular formula is C37H42FN5O6S2. The minimum absolute atomic E-state index is 0.101. The number of ether oxygens (including phenoxy) is 1. The summed E-state index contributed by atoms with van der Waals surface area (Å²) in [5.74, 6) is -0.550. The predicted octanol–water partition coefficient (Wildman–Crippen LogP) is 6.52. The van der Waals surface area contributed by atoms with Crippen LogP contribution in [0.2, 0.25) is 0 Å². The number of hydrogen-bond acceptors (Lipinski definition) is 10. The van der Waals surface area contributed by atoms with Gasteiger partial charge in [-0.05, 0) is 94.5 Å². The lowest BCUT2D eigenvalue weighted by molar-refractivity contribution is -0.384. The van der Waals surface area contributed by atoms with Crippen molar-refractivity contribution in [2.24, 2.45) is 0 Å². The number of sulfonamides is 1. The average Bonchev–Trinajstić information content (AvgIpc) is 3.13. The summed E-state index contributed by atoms with van der Waals surface area (Å²) >= 11 is 1.62. The number of nitrogens with zero attached hydrogens (tertiary/aromatic N) is 3. The molecule has 1 fully saturated rings. The van der Waals surface area contributed by atoms with Gasteiger partial charge in [0.15, 0.2) is 0 Å². The van der Waals surface area contributed by atoms with Gasteiger partial charge >= 0.3 is 0 Å². The quantitative estimate of drug-likeness (QED) is 0.0790. The maximum absolute atomic E-state index is 14.6. The van der Waals surface area contributed by atoms with Crippen molar-refractivity contribution in [3.05, 3.63) is 124 Å². The highest BCUT2D eigenvalue weighted by Gasteiger charge is 2.38. The van der Waals surface area contributed by atoms with Crippen LogP contribution in [0.15, 0.2) is 107 Å². The number of piperidine rings is 1. The Balaban J connectivity index is 1.24. The lowest BCUT2D eigenvalue weighted by Gasteiger charge is -2.42. The normalized spacial score (nSPS) is 15.0. The number of carbonyl (C=O) groups is 1. The molecule has 1 aliphatic rings. The number of benzene rings is 4. The van der Waals surface area contributed by atoms with Crippen LogP contribution in [0.5, 0.6) is 0 Å². The van der Waals surface area contributed by atoms with Crippen LogP contribution in [0.3, 0.4) is 0 Å². The van der Waals surface area contributed by atoms with E-state index in [1.54, 1.807) is 49.2 Å². The molecule has 0 aliphatic carbocycles. The molecule has 4 aromatic carbocycles. The van der Waals surface area contributed by atoms with Crippen molar-refractivity contribution in [1.29, 1.82) is 0 Å². The van der Waals surface area contributed by atoms with Gasteiger partial charge in [0.1, 0.15) is 11.5 Å². The largest absolute Gasteiger partial charge is 0.376 e. The molecule has 5 rings (SSSR count). The minimum Gasteiger partial charge on any atom is -0.376 e. The van der Waals surface area contributed by atoms with E-state index in [2.05, 4.69) is 10.2 Å². The number of nitro benzene ring substituents is 1. The van der Waals surface area contributed by atoms with Crippen LogP contribution in [-0.4, -0.2) is 76.8 Å². The average molecular weight is 736 g/mol. The summed E-state index contributed by atoms with van der Waals surface area (Å²) in [5, 5.41) is 15.4. The summed E-state index contributed by atoms with van der Waals surface area (Å²) in [7, 11) is 1.03.